The van der Waals surface area contributed by atoms with Crippen LogP contribution in [0.5, 0.6) is 0 Å². The molecule has 4 aromatic rings. The number of halogens is 6. The minimum atomic E-state index is -0.753. The second-order valence-electron chi connectivity index (χ2n) is 14.5. The number of likely N-dealkylation sites (N-methyl/N-ethyl adjacent to an activating group) is 2. The SMILES string of the molecule is CCN1CCN(C(=O)N(Cc2ccc(C(=O)CN)cc2F)c2cccc(Cl)c2F)CC1.CCN1CCN(C(=O)N(Cc2ccc(C(=O)OC)cc2F)c2cccc(Cl)c2F)CC1. The van der Waals surface area contributed by atoms with Gasteiger partial charge >= 0.3 is 18.0 Å². The predicted molar refractivity (Wildman–Crippen MR) is 231 cm³/mol. The first-order chi connectivity index (χ1) is 29.7. The highest BCUT2D eigenvalue weighted by Crippen LogP contribution is 2.31. The summed E-state index contributed by atoms with van der Waals surface area (Å²) in [6, 6.07) is 15.6. The molecule has 0 spiro atoms. The molecule has 0 aromatic heterocycles. The minimum absolute atomic E-state index is 0.0306. The Kier molecular flexibility index (Phi) is 17.1. The third kappa shape index (κ3) is 11.6. The van der Waals surface area contributed by atoms with E-state index in [1.54, 1.807) is 9.80 Å². The van der Waals surface area contributed by atoms with Gasteiger partial charge in [0, 0.05) is 69.0 Å². The molecule has 0 bridgehead atoms. The molecule has 2 aliphatic rings. The Labute approximate surface area is 368 Å². The van der Waals surface area contributed by atoms with E-state index in [1.807, 2.05) is 13.8 Å². The third-order valence-electron chi connectivity index (χ3n) is 10.8. The second kappa shape index (κ2) is 22.2. The van der Waals surface area contributed by atoms with Gasteiger partial charge in [-0.1, -0.05) is 67.4 Å². The van der Waals surface area contributed by atoms with Crippen molar-refractivity contribution < 1.29 is 41.5 Å². The summed E-state index contributed by atoms with van der Waals surface area (Å²) in [4.78, 5) is 60.0. The quantitative estimate of drug-likeness (QED) is 0.0925. The fourth-order valence-corrected chi connectivity index (χ4v) is 7.33. The average molecular weight is 903 g/mol. The number of anilines is 2. The van der Waals surface area contributed by atoms with E-state index in [0.717, 1.165) is 25.2 Å². The number of benzene rings is 4. The number of urea groups is 2. The highest BCUT2D eigenvalue weighted by Gasteiger charge is 2.31. The van der Waals surface area contributed by atoms with Gasteiger partial charge in [-0.15, -0.1) is 0 Å². The van der Waals surface area contributed by atoms with Gasteiger partial charge in [-0.05, 0) is 55.6 Å². The topological polar surface area (TPSA) is 123 Å². The van der Waals surface area contributed by atoms with Crippen molar-refractivity contribution >= 4 is 58.4 Å². The molecule has 0 unspecified atom stereocenters. The summed E-state index contributed by atoms with van der Waals surface area (Å²) in [7, 11) is 1.20. The van der Waals surface area contributed by atoms with Crippen LogP contribution < -0.4 is 15.5 Å². The average Bonchev–Trinajstić information content (AvgIpc) is 3.29. The van der Waals surface area contributed by atoms with Crippen LogP contribution in [0.4, 0.5) is 38.5 Å². The van der Waals surface area contributed by atoms with E-state index >= 15 is 0 Å². The van der Waals surface area contributed by atoms with Gasteiger partial charge in [0.2, 0.25) is 0 Å². The van der Waals surface area contributed by atoms with Gasteiger partial charge in [0.05, 0.1) is 53.7 Å². The summed E-state index contributed by atoms with van der Waals surface area (Å²) in [6.45, 7) is 9.94. The Morgan fingerprint density at radius 3 is 1.40 bits per heavy atom. The number of carbonyl (C=O) groups is 4. The van der Waals surface area contributed by atoms with Crippen LogP contribution in [0.3, 0.4) is 0 Å². The summed E-state index contributed by atoms with van der Waals surface area (Å²) in [5.41, 5.74) is 5.74. The van der Waals surface area contributed by atoms with Crippen LogP contribution >= 0.6 is 23.2 Å². The van der Waals surface area contributed by atoms with Crippen molar-refractivity contribution in [3.05, 3.63) is 128 Å². The minimum Gasteiger partial charge on any atom is -0.465 e. The highest BCUT2D eigenvalue weighted by atomic mass is 35.5. The molecule has 4 aromatic carbocycles. The van der Waals surface area contributed by atoms with Crippen molar-refractivity contribution in [2.75, 3.05) is 88.9 Å². The number of Topliss-reactive ketones (excluding diaryl/α,β-unsaturated/α-hetero) is 1. The maximum Gasteiger partial charge on any atom is 0.337 e. The van der Waals surface area contributed by atoms with E-state index in [4.69, 9.17) is 28.9 Å². The fourth-order valence-electron chi connectivity index (χ4n) is 6.99. The van der Waals surface area contributed by atoms with Gasteiger partial charge in [-0.3, -0.25) is 14.6 Å². The molecule has 0 aliphatic carbocycles. The molecule has 2 heterocycles. The lowest BCUT2D eigenvalue weighted by Gasteiger charge is -2.37. The second-order valence-corrected chi connectivity index (χ2v) is 15.3. The number of ether oxygens (including phenoxy) is 1. The Hall–Kier alpha value is -5.26. The van der Waals surface area contributed by atoms with Crippen LogP contribution in [0.1, 0.15) is 45.7 Å². The predicted octanol–water partition coefficient (Wildman–Crippen LogP) is 7.69. The Bertz CT molecular complexity index is 2080. The number of piperazine rings is 2. The molecule has 332 valence electrons. The molecular formula is C44H49Cl2F4N7O5. The molecule has 0 atom stereocenters. The molecule has 0 saturated carbocycles. The van der Waals surface area contributed by atoms with E-state index in [1.165, 1.54) is 77.6 Å². The van der Waals surface area contributed by atoms with Crippen LogP contribution in [-0.2, 0) is 17.8 Å². The zero-order valence-corrected chi connectivity index (χ0v) is 36.2. The molecular weight excluding hydrogens is 853 g/mol. The standard InChI is InChI=1S/C22H25ClF2N4O2.C22H24ClF2N3O3/c1-2-27-8-10-28(11-9-27)22(31)29(19-5-3-4-17(23)21(19)25)14-16-7-6-15(12-18(16)24)20(30)13-26;1-3-26-9-11-27(12-10-26)22(30)28(19-6-4-5-17(23)20(19)25)14-16-8-7-15(13-18(16)24)21(29)31-2/h3-7,12H,2,8-11,13-14,26H2,1H3;4-8,13H,3,9-12,14H2,1-2H3. The van der Waals surface area contributed by atoms with Crippen LogP contribution in [0.2, 0.25) is 10.0 Å². The van der Waals surface area contributed by atoms with Gasteiger partial charge in [-0.2, -0.15) is 0 Å². The van der Waals surface area contributed by atoms with E-state index in [2.05, 4.69) is 14.5 Å². The molecule has 2 saturated heterocycles. The van der Waals surface area contributed by atoms with Crippen LogP contribution in [0.15, 0.2) is 72.8 Å². The van der Waals surface area contributed by atoms with Gasteiger partial charge in [0.1, 0.15) is 11.6 Å². The third-order valence-corrected chi connectivity index (χ3v) is 11.4. The lowest BCUT2D eigenvalue weighted by atomic mass is 10.1. The molecule has 2 fully saturated rings. The number of amides is 4. The zero-order valence-electron chi connectivity index (χ0n) is 34.7. The van der Waals surface area contributed by atoms with Crippen LogP contribution in [-0.4, -0.2) is 123 Å². The molecule has 4 amide bonds. The zero-order chi connectivity index (χ0) is 45.1. The van der Waals surface area contributed by atoms with Crippen LogP contribution in [0, 0.1) is 23.3 Å². The van der Waals surface area contributed by atoms with Gasteiger partial charge < -0.3 is 30.1 Å². The number of hydrogen-bond acceptors (Lipinski definition) is 8. The molecule has 0 radical (unpaired) electrons. The Balaban J connectivity index is 0.000000234. The van der Waals surface area contributed by atoms with Crippen molar-refractivity contribution in [3.63, 3.8) is 0 Å². The lowest BCUT2D eigenvalue weighted by molar-refractivity contribution is 0.0600. The van der Waals surface area contributed by atoms with E-state index < -0.39 is 47.1 Å². The Morgan fingerprint density at radius 2 is 1.03 bits per heavy atom. The number of methoxy groups -OCH3 is 1. The summed E-state index contributed by atoms with van der Waals surface area (Å²) in [6.07, 6.45) is 0. The van der Waals surface area contributed by atoms with E-state index in [-0.39, 0.29) is 63.3 Å². The number of ketones is 1. The molecule has 18 heteroatoms. The monoisotopic (exact) mass is 901 g/mol. The smallest absolute Gasteiger partial charge is 0.337 e. The van der Waals surface area contributed by atoms with Crippen molar-refractivity contribution in [1.29, 1.82) is 0 Å². The molecule has 6 rings (SSSR count). The molecule has 2 N–H and O–H groups in total. The summed E-state index contributed by atoms with van der Waals surface area (Å²) in [5.74, 6) is -3.94. The number of rotatable bonds is 11. The van der Waals surface area contributed by atoms with Crippen molar-refractivity contribution in [2.45, 2.75) is 26.9 Å². The van der Waals surface area contributed by atoms with Gasteiger partial charge in [-0.25, -0.2) is 31.9 Å². The normalized spacial score (nSPS) is 14.5. The number of carbonyl (C=O) groups excluding carboxylic acids is 4. The number of hydrogen-bond donors (Lipinski definition) is 1. The van der Waals surface area contributed by atoms with Crippen LogP contribution in [0.25, 0.3) is 0 Å². The van der Waals surface area contributed by atoms with Crippen molar-refractivity contribution in [3.8, 4) is 0 Å². The first kappa shape index (κ1) is 47.8. The molecule has 2 aliphatic heterocycles. The first-order valence-corrected chi connectivity index (χ1v) is 20.8. The first-order valence-electron chi connectivity index (χ1n) is 20.0. The van der Waals surface area contributed by atoms with E-state index in [0.29, 0.717) is 52.4 Å². The summed E-state index contributed by atoms with van der Waals surface area (Å²) in [5, 5.41) is -0.261. The van der Waals surface area contributed by atoms with Gasteiger partial charge in [0.15, 0.2) is 17.4 Å². The summed E-state index contributed by atoms with van der Waals surface area (Å²) < 4.78 is 63.7. The number of esters is 1. The maximum atomic E-state index is 14.8. The lowest BCUT2D eigenvalue weighted by Crippen LogP contribution is -2.52. The number of nitrogens with zero attached hydrogens (tertiary/aromatic N) is 6. The summed E-state index contributed by atoms with van der Waals surface area (Å²) >= 11 is 11.9. The largest absolute Gasteiger partial charge is 0.465 e. The van der Waals surface area contributed by atoms with E-state index in [9.17, 15) is 36.7 Å². The number of nitrogens with two attached hydrogens (primary N) is 1. The Morgan fingerprint density at radius 1 is 0.629 bits per heavy atom. The molecule has 62 heavy (non-hydrogen) atoms. The van der Waals surface area contributed by atoms with Crippen molar-refractivity contribution in [2.24, 2.45) is 5.73 Å². The van der Waals surface area contributed by atoms with Gasteiger partial charge in [0.25, 0.3) is 0 Å². The van der Waals surface area contributed by atoms with Crippen molar-refractivity contribution in [1.82, 2.24) is 19.6 Å². The molecule has 12 nitrogen and oxygen atoms in total. The maximum absolute atomic E-state index is 14.8. The highest BCUT2D eigenvalue weighted by molar-refractivity contribution is 6.31. The fraction of sp³-hybridized carbons (Fsp3) is 0.364.